The molecule has 0 unspecified atom stereocenters. The van der Waals surface area contributed by atoms with Crippen molar-refractivity contribution in [2.24, 2.45) is 0 Å². The number of ether oxygens (including phenoxy) is 1. The molecule has 1 aliphatic rings. The number of nitrogens with one attached hydrogen (secondary N) is 2. The average molecular weight is 504 g/mol. The van der Waals surface area contributed by atoms with Crippen LogP contribution in [0.1, 0.15) is 33.2 Å². The standard InChI is InChI=1S/C27H22ClN3O5/c1-3-16-7-4-5-10-21(16)30-24(32)18-8-6-9-19(15-18)29-23-22(28)25(33)31(26(23)34)20-13-11-17(12-14-20)27(35)36-2/h4-15,29H,3H2,1-2H3,(H,30,32). The fourth-order valence-corrected chi connectivity index (χ4v) is 3.95. The summed E-state index contributed by atoms with van der Waals surface area (Å²) in [5.41, 5.74) is 2.89. The summed E-state index contributed by atoms with van der Waals surface area (Å²) in [6, 6.07) is 19.8. The number of methoxy groups -OCH3 is 1. The number of imide groups is 1. The maximum atomic E-state index is 13.1. The van der Waals surface area contributed by atoms with Crippen molar-refractivity contribution >= 4 is 52.4 Å². The van der Waals surface area contributed by atoms with Crippen LogP contribution in [0.4, 0.5) is 17.1 Å². The van der Waals surface area contributed by atoms with E-state index in [0.29, 0.717) is 11.3 Å². The van der Waals surface area contributed by atoms with Crippen molar-refractivity contribution in [3.05, 3.63) is 100 Å². The van der Waals surface area contributed by atoms with E-state index in [4.69, 9.17) is 11.6 Å². The van der Waals surface area contributed by atoms with Gasteiger partial charge in [0.15, 0.2) is 0 Å². The lowest BCUT2D eigenvalue weighted by Crippen LogP contribution is -2.32. The second-order valence-corrected chi connectivity index (χ2v) is 8.22. The van der Waals surface area contributed by atoms with Crippen molar-refractivity contribution in [2.75, 3.05) is 22.6 Å². The van der Waals surface area contributed by atoms with Crippen LogP contribution in [0.25, 0.3) is 0 Å². The van der Waals surface area contributed by atoms with Gasteiger partial charge >= 0.3 is 5.97 Å². The first kappa shape index (κ1) is 24.7. The van der Waals surface area contributed by atoms with Crippen molar-refractivity contribution in [2.45, 2.75) is 13.3 Å². The van der Waals surface area contributed by atoms with Gasteiger partial charge in [-0.15, -0.1) is 0 Å². The number of benzene rings is 3. The van der Waals surface area contributed by atoms with Crippen LogP contribution in [0.15, 0.2) is 83.5 Å². The van der Waals surface area contributed by atoms with Gasteiger partial charge in [-0.05, 0) is 60.5 Å². The zero-order chi connectivity index (χ0) is 25.8. The predicted octanol–water partition coefficient (Wildman–Crippen LogP) is 4.72. The highest BCUT2D eigenvalue weighted by molar-refractivity contribution is 6.53. The van der Waals surface area contributed by atoms with Crippen LogP contribution in [0.3, 0.4) is 0 Å². The van der Waals surface area contributed by atoms with E-state index in [2.05, 4.69) is 15.4 Å². The Bertz CT molecular complexity index is 1400. The molecule has 0 fully saturated rings. The summed E-state index contributed by atoms with van der Waals surface area (Å²) in [6.45, 7) is 2.00. The third-order valence-electron chi connectivity index (χ3n) is 5.61. The fraction of sp³-hybridized carbons (Fsp3) is 0.111. The molecule has 0 aromatic heterocycles. The highest BCUT2D eigenvalue weighted by Gasteiger charge is 2.39. The zero-order valence-electron chi connectivity index (χ0n) is 19.5. The first-order chi connectivity index (χ1) is 17.3. The van der Waals surface area contributed by atoms with Crippen LogP contribution in [-0.2, 0) is 20.7 Å². The fourth-order valence-electron chi connectivity index (χ4n) is 3.74. The number of halogens is 1. The van der Waals surface area contributed by atoms with Gasteiger partial charge in [-0.25, -0.2) is 9.69 Å². The number of amides is 3. The summed E-state index contributed by atoms with van der Waals surface area (Å²) in [4.78, 5) is 51.2. The molecular weight excluding hydrogens is 482 g/mol. The molecule has 3 aromatic rings. The van der Waals surface area contributed by atoms with Crippen molar-refractivity contribution in [1.29, 1.82) is 0 Å². The molecule has 1 heterocycles. The van der Waals surface area contributed by atoms with Crippen molar-refractivity contribution in [3.63, 3.8) is 0 Å². The largest absolute Gasteiger partial charge is 0.465 e. The van der Waals surface area contributed by atoms with E-state index in [0.717, 1.165) is 22.6 Å². The SMILES string of the molecule is CCc1ccccc1NC(=O)c1cccc(NC2=C(Cl)C(=O)N(c3ccc(C(=O)OC)cc3)C2=O)c1. The molecule has 0 aliphatic carbocycles. The van der Waals surface area contributed by atoms with Crippen LogP contribution in [0, 0.1) is 0 Å². The van der Waals surface area contributed by atoms with Gasteiger partial charge in [-0.1, -0.05) is 42.8 Å². The maximum Gasteiger partial charge on any atom is 0.337 e. The van der Waals surface area contributed by atoms with Gasteiger partial charge in [0.05, 0.1) is 18.4 Å². The van der Waals surface area contributed by atoms with Gasteiger partial charge in [0, 0.05) is 16.9 Å². The van der Waals surface area contributed by atoms with Crippen LogP contribution < -0.4 is 15.5 Å². The van der Waals surface area contributed by atoms with E-state index < -0.39 is 17.8 Å². The van der Waals surface area contributed by atoms with E-state index in [9.17, 15) is 19.2 Å². The highest BCUT2D eigenvalue weighted by atomic mass is 35.5. The Morgan fingerprint density at radius 3 is 2.33 bits per heavy atom. The number of aryl methyl sites for hydroxylation is 1. The molecule has 3 amide bonds. The smallest absolute Gasteiger partial charge is 0.337 e. The molecule has 3 aromatic carbocycles. The van der Waals surface area contributed by atoms with Crippen molar-refractivity contribution < 1.29 is 23.9 Å². The molecule has 0 radical (unpaired) electrons. The molecular formula is C27H22ClN3O5. The molecule has 0 atom stereocenters. The molecule has 0 bridgehead atoms. The molecule has 182 valence electrons. The quantitative estimate of drug-likeness (QED) is 0.357. The number of rotatable bonds is 7. The summed E-state index contributed by atoms with van der Waals surface area (Å²) in [5, 5.41) is 5.49. The lowest BCUT2D eigenvalue weighted by molar-refractivity contribution is -0.120. The summed E-state index contributed by atoms with van der Waals surface area (Å²) in [6.07, 6.45) is 0.767. The van der Waals surface area contributed by atoms with Crippen LogP contribution in [-0.4, -0.2) is 30.8 Å². The average Bonchev–Trinajstić information content (AvgIpc) is 3.11. The minimum absolute atomic E-state index is 0.118. The van der Waals surface area contributed by atoms with Gasteiger partial charge < -0.3 is 15.4 Å². The second kappa shape index (κ2) is 10.5. The molecule has 0 spiro atoms. The number of hydrogen-bond donors (Lipinski definition) is 2. The number of para-hydroxylation sites is 1. The molecule has 0 saturated heterocycles. The molecule has 36 heavy (non-hydrogen) atoms. The Hall–Kier alpha value is -4.43. The van der Waals surface area contributed by atoms with Gasteiger partial charge in [0.25, 0.3) is 17.7 Å². The Morgan fingerprint density at radius 2 is 1.64 bits per heavy atom. The van der Waals surface area contributed by atoms with E-state index in [1.807, 2.05) is 31.2 Å². The van der Waals surface area contributed by atoms with Gasteiger partial charge in [-0.2, -0.15) is 0 Å². The zero-order valence-corrected chi connectivity index (χ0v) is 20.3. The van der Waals surface area contributed by atoms with E-state index >= 15 is 0 Å². The summed E-state index contributed by atoms with van der Waals surface area (Å²) in [7, 11) is 1.26. The number of carbonyl (C=O) groups excluding carboxylic acids is 4. The van der Waals surface area contributed by atoms with Crippen LogP contribution in [0.2, 0.25) is 0 Å². The lowest BCUT2D eigenvalue weighted by Gasteiger charge is -2.15. The number of carbonyl (C=O) groups is 4. The minimum Gasteiger partial charge on any atom is -0.465 e. The Kier molecular flexibility index (Phi) is 7.17. The number of nitrogens with zero attached hydrogens (tertiary/aromatic N) is 1. The van der Waals surface area contributed by atoms with Crippen molar-refractivity contribution in [1.82, 2.24) is 0 Å². The van der Waals surface area contributed by atoms with Crippen LogP contribution in [0.5, 0.6) is 0 Å². The highest BCUT2D eigenvalue weighted by Crippen LogP contribution is 2.30. The normalized spacial score (nSPS) is 13.1. The third-order valence-corrected chi connectivity index (χ3v) is 5.97. The summed E-state index contributed by atoms with van der Waals surface area (Å²) >= 11 is 6.22. The first-order valence-corrected chi connectivity index (χ1v) is 11.4. The predicted molar refractivity (Wildman–Crippen MR) is 137 cm³/mol. The van der Waals surface area contributed by atoms with Gasteiger partial charge in [-0.3, -0.25) is 14.4 Å². The Morgan fingerprint density at radius 1 is 0.917 bits per heavy atom. The first-order valence-electron chi connectivity index (χ1n) is 11.1. The topological polar surface area (TPSA) is 105 Å². The molecule has 4 rings (SSSR count). The lowest BCUT2D eigenvalue weighted by atomic mass is 10.1. The molecule has 0 saturated carbocycles. The molecule has 2 N–H and O–H groups in total. The third kappa shape index (κ3) is 4.85. The maximum absolute atomic E-state index is 13.1. The molecule has 8 nitrogen and oxygen atoms in total. The van der Waals surface area contributed by atoms with Gasteiger partial charge in [0.2, 0.25) is 0 Å². The molecule has 9 heteroatoms. The van der Waals surface area contributed by atoms with E-state index in [1.165, 1.54) is 31.4 Å². The minimum atomic E-state index is -0.708. The Labute approximate surface area is 212 Å². The van der Waals surface area contributed by atoms with E-state index in [-0.39, 0.29) is 27.9 Å². The van der Waals surface area contributed by atoms with Crippen molar-refractivity contribution in [3.8, 4) is 0 Å². The summed E-state index contributed by atoms with van der Waals surface area (Å²) in [5.74, 6) is -2.23. The van der Waals surface area contributed by atoms with E-state index in [1.54, 1.807) is 24.3 Å². The molecule has 1 aliphatic heterocycles. The summed E-state index contributed by atoms with van der Waals surface area (Å²) < 4.78 is 4.66. The van der Waals surface area contributed by atoms with Crippen LogP contribution >= 0.6 is 11.6 Å². The number of esters is 1. The number of hydrogen-bond acceptors (Lipinski definition) is 6. The second-order valence-electron chi connectivity index (χ2n) is 7.84. The monoisotopic (exact) mass is 503 g/mol. The van der Waals surface area contributed by atoms with Gasteiger partial charge in [0.1, 0.15) is 10.7 Å². The number of anilines is 3. The Balaban J connectivity index is 1.52.